The molecule has 0 bridgehead atoms. The van der Waals surface area contributed by atoms with E-state index < -0.39 is 5.41 Å². The molecule has 1 aliphatic rings. The summed E-state index contributed by atoms with van der Waals surface area (Å²) in [6, 6.07) is 100. The fourth-order valence-electron chi connectivity index (χ4n) is 13.1. The van der Waals surface area contributed by atoms with Gasteiger partial charge in [0.05, 0.1) is 5.41 Å². The van der Waals surface area contributed by atoms with Gasteiger partial charge in [0.2, 0.25) is 0 Å². The predicted molar refractivity (Wildman–Crippen MR) is 303 cm³/mol. The third-order valence-corrected chi connectivity index (χ3v) is 15.9. The van der Waals surface area contributed by atoms with Crippen LogP contribution in [-0.2, 0) is 5.41 Å². The Kier molecular flexibility index (Phi) is 8.68. The molecule has 0 amide bonds. The molecule has 1 aliphatic carbocycles. The molecule has 0 aliphatic heterocycles. The molecule has 15 rings (SSSR count). The number of hydrogen-bond donors (Lipinski definition) is 0. The van der Waals surface area contributed by atoms with E-state index in [1.165, 1.54) is 142 Å². The molecule has 0 nitrogen and oxygen atoms in total. The van der Waals surface area contributed by atoms with Crippen LogP contribution in [0, 0.1) is 0 Å². The summed E-state index contributed by atoms with van der Waals surface area (Å²) in [4.78, 5) is 0. The summed E-state index contributed by atoms with van der Waals surface area (Å²) in [5.41, 5.74) is 14.7. The Bertz CT molecular complexity index is 4390. The lowest BCUT2D eigenvalue weighted by Crippen LogP contribution is -2.29. The van der Waals surface area contributed by atoms with Gasteiger partial charge in [0.15, 0.2) is 0 Å². The van der Waals surface area contributed by atoms with Crippen molar-refractivity contribution in [1.82, 2.24) is 0 Å². The molecule has 0 spiro atoms. The molecule has 0 radical (unpaired) electrons. The number of rotatable bonds is 5. The molecule has 71 heavy (non-hydrogen) atoms. The van der Waals surface area contributed by atoms with Crippen molar-refractivity contribution in [2.75, 3.05) is 0 Å². The Hall–Kier alpha value is -9.10. The highest BCUT2D eigenvalue weighted by atomic mass is 14.5. The fraction of sp³-hybridized carbons (Fsp3) is 0.0141. The van der Waals surface area contributed by atoms with E-state index in [4.69, 9.17) is 0 Å². The van der Waals surface area contributed by atoms with E-state index in [2.05, 4.69) is 267 Å². The van der Waals surface area contributed by atoms with E-state index in [0.717, 1.165) is 0 Å². The zero-order chi connectivity index (χ0) is 46.6. The van der Waals surface area contributed by atoms with Crippen molar-refractivity contribution in [3.8, 4) is 44.5 Å². The molecule has 0 unspecified atom stereocenters. The molecular formula is C71H44. The Balaban J connectivity index is 0.991. The van der Waals surface area contributed by atoms with Gasteiger partial charge in [-0.1, -0.05) is 255 Å². The average Bonchev–Trinajstić information content (AvgIpc) is 3.78. The van der Waals surface area contributed by atoms with Crippen molar-refractivity contribution >= 4 is 75.4 Å². The van der Waals surface area contributed by atoms with Crippen molar-refractivity contribution in [3.05, 3.63) is 289 Å². The molecule has 0 aromatic heterocycles. The molecule has 328 valence electrons. The van der Waals surface area contributed by atoms with Crippen molar-refractivity contribution < 1.29 is 0 Å². The van der Waals surface area contributed by atoms with Crippen molar-refractivity contribution in [2.45, 2.75) is 5.41 Å². The van der Waals surface area contributed by atoms with Gasteiger partial charge >= 0.3 is 0 Å². The van der Waals surface area contributed by atoms with Crippen molar-refractivity contribution in [3.63, 3.8) is 0 Å². The van der Waals surface area contributed by atoms with E-state index in [-0.39, 0.29) is 0 Å². The first-order valence-corrected chi connectivity index (χ1v) is 24.8. The van der Waals surface area contributed by atoms with Crippen LogP contribution in [0.4, 0.5) is 0 Å². The molecule has 0 N–H and O–H groups in total. The maximum absolute atomic E-state index is 2.56. The maximum atomic E-state index is 2.56. The van der Waals surface area contributed by atoms with Gasteiger partial charge in [-0.3, -0.25) is 0 Å². The fourth-order valence-corrected chi connectivity index (χ4v) is 13.1. The molecule has 0 saturated heterocycles. The largest absolute Gasteiger partial charge is 0.0720 e. The predicted octanol–water partition coefficient (Wildman–Crippen LogP) is 19.1. The summed E-state index contributed by atoms with van der Waals surface area (Å²) >= 11 is 0. The zero-order valence-corrected chi connectivity index (χ0v) is 38.9. The monoisotopic (exact) mass is 896 g/mol. The number of fused-ring (bicyclic) bond motifs is 15. The topological polar surface area (TPSA) is 0 Å². The van der Waals surface area contributed by atoms with Crippen molar-refractivity contribution in [1.29, 1.82) is 0 Å². The molecule has 0 atom stereocenters. The highest BCUT2D eigenvalue weighted by Crippen LogP contribution is 2.62. The normalized spacial score (nSPS) is 12.9. The van der Waals surface area contributed by atoms with Crippen LogP contribution in [0.15, 0.2) is 267 Å². The molecule has 14 aromatic rings. The van der Waals surface area contributed by atoms with Crippen LogP contribution in [0.2, 0.25) is 0 Å². The third-order valence-electron chi connectivity index (χ3n) is 15.9. The lowest BCUT2D eigenvalue weighted by molar-refractivity contribution is 0.777. The first-order chi connectivity index (χ1) is 35.3. The van der Waals surface area contributed by atoms with Gasteiger partial charge in [-0.25, -0.2) is 0 Å². The van der Waals surface area contributed by atoms with Crippen LogP contribution in [0.25, 0.3) is 120 Å². The SMILES string of the molecule is c1ccc(C2(c3ccccc3)c3cc(-c4ccc(-c5c6ccccc6c(-c6cc7ccccc7c7ccccc67)c6ccccc56)cc4)c4ccccc4c3-c3c2c2ccccc2c2ccccc32)cc1. The quantitative estimate of drug-likeness (QED) is 0.119. The van der Waals surface area contributed by atoms with E-state index in [1.807, 2.05) is 0 Å². The first kappa shape index (κ1) is 39.9. The van der Waals surface area contributed by atoms with E-state index in [9.17, 15) is 0 Å². The third kappa shape index (κ3) is 5.62. The van der Waals surface area contributed by atoms with Crippen LogP contribution in [-0.4, -0.2) is 0 Å². The van der Waals surface area contributed by atoms with Gasteiger partial charge in [0.1, 0.15) is 0 Å². The maximum Gasteiger partial charge on any atom is 0.0720 e. The van der Waals surface area contributed by atoms with Crippen LogP contribution in [0.3, 0.4) is 0 Å². The van der Waals surface area contributed by atoms with E-state index in [1.54, 1.807) is 0 Å². The van der Waals surface area contributed by atoms with Crippen molar-refractivity contribution in [2.24, 2.45) is 0 Å². The Morgan fingerprint density at radius 2 is 0.577 bits per heavy atom. The summed E-state index contributed by atoms with van der Waals surface area (Å²) in [6.07, 6.45) is 0. The van der Waals surface area contributed by atoms with E-state index >= 15 is 0 Å². The Morgan fingerprint density at radius 3 is 1.13 bits per heavy atom. The Morgan fingerprint density at radius 1 is 0.211 bits per heavy atom. The summed E-state index contributed by atoms with van der Waals surface area (Å²) in [5, 5.41) is 17.8. The number of hydrogen-bond acceptors (Lipinski definition) is 0. The Labute approximate surface area is 412 Å². The molecule has 0 heteroatoms. The first-order valence-electron chi connectivity index (χ1n) is 24.8. The highest BCUT2D eigenvalue weighted by molar-refractivity contribution is 6.27. The lowest BCUT2D eigenvalue weighted by atomic mass is 9.66. The smallest absolute Gasteiger partial charge is 0.0622 e. The molecule has 0 saturated carbocycles. The standard InChI is InChI=1S/C71H44/c1-3-22-48(23-4-1)71(49-24-5-2-6-25-49)65-44-63(55-31-12-14-32-56(55)68(65)69-57-33-15-11-28-52(57)53-29-13-20-38-62(53)70(69)71)45-39-41-46(42-40-45)66-58-34-16-18-36-60(58)67(61-37-19-17-35-59(61)66)64-43-47-21-7-8-26-50(47)51-27-9-10-30-54(51)64/h1-44H. The highest BCUT2D eigenvalue weighted by Gasteiger charge is 2.49. The molecular weight excluding hydrogens is 853 g/mol. The van der Waals surface area contributed by atoms with Gasteiger partial charge < -0.3 is 0 Å². The van der Waals surface area contributed by atoms with Gasteiger partial charge in [-0.05, 0) is 154 Å². The number of benzene rings is 14. The van der Waals surface area contributed by atoms with Gasteiger partial charge in [0, 0.05) is 0 Å². The van der Waals surface area contributed by atoms with Gasteiger partial charge in [-0.2, -0.15) is 0 Å². The summed E-state index contributed by atoms with van der Waals surface area (Å²) in [7, 11) is 0. The molecule has 0 fully saturated rings. The average molecular weight is 897 g/mol. The van der Waals surface area contributed by atoms with Crippen LogP contribution in [0.5, 0.6) is 0 Å². The summed E-state index contributed by atoms with van der Waals surface area (Å²) in [6.45, 7) is 0. The minimum absolute atomic E-state index is 0.606. The minimum Gasteiger partial charge on any atom is -0.0622 e. The van der Waals surface area contributed by atoms with Gasteiger partial charge in [0.25, 0.3) is 0 Å². The van der Waals surface area contributed by atoms with E-state index in [0.29, 0.717) is 0 Å². The van der Waals surface area contributed by atoms with Crippen LogP contribution in [0.1, 0.15) is 22.3 Å². The van der Waals surface area contributed by atoms with Crippen LogP contribution >= 0.6 is 0 Å². The summed E-state index contributed by atoms with van der Waals surface area (Å²) in [5.74, 6) is 0. The van der Waals surface area contributed by atoms with Gasteiger partial charge in [-0.15, -0.1) is 0 Å². The minimum atomic E-state index is -0.606. The second-order valence-electron chi connectivity index (χ2n) is 19.3. The second kappa shape index (κ2) is 15.5. The lowest BCUT2D eigenvalue weighted by Gasteiger charge is -2.35. The summed E-state index contributed by atoms with van der Waals surface area (Å²) < 4.78 is 0. The zero-order valence-electron chi connectivity index (χ0n) is 38.9. The second-order valence-corrected chi connectivity index (χ2v) is 19.3. The molecule has 0 heterocycles. The van der Waals surface area contributed by atoms with Crippen LogP contribution < -0.4 is 0 Å². The molecule has 14 aromatic carbocycles.